The summed E-state index contributed by atoms with van der Waals surface area (Å²) in [7, 11) is 3.97. The minimum Gasteiger partial charge on any atom is -0.378 e. The fourth-order valence-electron chi connectivity index (χ4n) is 1.73. The van der Waals surface area contributed by atoms with Crippen molar-refractivity contribution in [3.63, 3.8) is 0 Å². The van der Waals surface area contributed by atoms with Crippen LogP contribution in [0.5, 0.6) is 0 Å². The first-order valence-electron chi connectivity index (χ1n) is 5.68. The van der Waals surface area contributed by atoms with Gasteiger partial charge in [-0.15, -0.1) is 11.6 Å². The van der Waals surface area contributed by atoms with E-state index < -0.39 is 0 Å². The Labute approximate surface area is 111 Å². The number of hydrogen-bond acceptors (Lipinski definition) is 2. The Morgan fingerprint density at radius 3 is 2.61 bits per heavy atom. The quantitative estimate of drug-likeness (QED) is 0.864. The van der Waals surface area contributed by atoms with Crippen molar-refractivity contribution in [2.24, 2.45) is 0 Å². The fourth-order valence-corrected chi connectivity index (χ4v) is 1.94. The molecule has 2 aromatic rings. The lowest BCUT2D eigenvalue weighted by Crippen LogP contribution is -2.12. The standard InChI is InChI=1S/C14H15ClN2O/c1-17(2)12-5-3-4-10(8-12)13-7-6-11(9-15)14(18)16-13/h3-8H,9H2,1-2H3,(H,16,18). The zero-order valence-corrected chi connectivity index (χ0v) is 11.2. The normalized spacial score (nSPS) is 10.4. The van der Waals surface area contributed by atoms with Crippen LogP contribution in [0, 0.1) is 0 Å². The molecule has 3 nitrogen and oxygen atoms in total. The number of pyridine rings is 1. The Morgan fingerprint density at radius 1 is 1.22 bits per heavy atom. The molecular weight excluding hydrogens is 248 g/mol. The molecule has 0 spiro atoms. The summed E-state index contributed by atoms with van der Waals surface area (Å²) in [5.41, 5.74) is 3.34. The first-order chi connectivity index (χ1) is 8.61. The van der Waals surface area contributed by atoms with Crippen LogP contribution in [0.25, 0.3) is 11.3 Å². The highest BCUT2D eigenvalue weighted by Gasteiger charge is 2.04. The van der Waals surface area contributed by atoms with Gasteiger partial charge in [-0.05, 0) is 18.2 Å². The SMILES string of the molecule is CN(C)c1cccc(-c2ccc(CCl)c(=O)[nH]2)c1. The summed E-state index contributed by atoms with van der Waals surface area (Å²) < 4.78 is 0. The second-order valence-corrected chi connectivity index (χ2v) is 4.57. The summed E-state index contributed by atoms with van der Waals surface area (Å²) in [4.78, 5) is 16.6. The van der Waals surface area contributed by atoms with Crippen LogP contribution in [0.4, 0.5) is 5.69 Å². The van der Waals surface area contributed by atoms with E-state index in [0.717, 1.165) is 16.9 Å². The van der Waals surface area contributed by atoms with Crippen molar-refractivity contribution in [2.75, 3.05) is 19.0 Å². The lowest BCUT2D eigenvalue weighted by molar-refractivity contribution is 1.13. The lowest BCUT2D eigenvalue weighted by Gasteiger charge is -2.13. The molecule has 0 saturated carbocycles. The van der Waals surface area contributed by atoms with Gasteiger partial charge in [-0.25, -0.2) is 0 Å². The fraction of sp³-hybridized carbons (Fsp3) is 0.214. The van der Waals surface area contributed by atoms with Gasteiger partial charge in [0.2, 0.25) is 0 Å². The molecule has 0 aliphatic rings. The Hall–Kier alpha value is -1.74. The summed E-state index contributed by atoms with van der Waals surface area (Å²) in [5, 5.41) is 0. The molecule has 0 unspecified atom stereocenters. The van der Waals surface area contributed by atoms with Crippen LogP contribution < -0.4 is 10.5 Å². The van der Waals surface area contributed by atoms with Crippen molar-refractivity contribution in [3.05, 3.63) is 52.3 Å². The molecule has 0 atom stereocenters. The third kappa shape index (κ3) is 2.57. The molecule has 94 valence electrons. The van der Waals surface area contributed by atoms with Crippen LogP contribution in [-0.4, -0.2) is 19.1 Å². The summed E-state index contributed by atoms with van der Waals surface area (Å²) in [6, 6.07) is 11.6. The second kappa shape index (κ2) is 5.27. The molecule has 1 aromatic carbocycles. The number of aromatic nitrogens is 1. The summed E-state index contributed by atoms with van der Waals surface area (Å²) in [6.45, 7) is 0. The molecule has 0 amide bonds. The van der Waals surface area contributed by atoms with E-state index in [1.54, 1.807) is 6.07 Å². The van der Waals surface area contributed by atoms with Crippen molar-refractivity contribution < 1.29 is 0 Å². The number of rotatable bonds is 3. The molecule has 4 heteroatoms. The van der Waals surface area contributed by atoms with Crippen molar-refractivity contribution in [3.8, 4) is 11.3 Å². The minimum absolute atomic E-state index is 0.127. The van der Waals surface area contributed by atoms with E-state index in [1.165, 1.54) is 0 Å². The van der Waals surface area contributed by atoms with Crippen LogP contribution in [0.3, 0.4) is 0 Å². The van der Waals surface area contributed by atoms with Gasteiger partial charge in [-0.3, -0.25) is 4.79 Å². The van der Waals surface area contributed by atoms with Crippen LogP contribution in [0.15, 0.2) is 41.2 Å². The van der Waals surface area contributed by atoms with E-state index in [2.05, 4.69) is 4.98 Å². The van der Waals surface area contributed by atoms with E-state index in [1.807, 2.05) is 49.3 Å². The number of hydrogen-bond donors (Lipinski definition) is 1. The van der Waals surface area contributed by atoms with Crippen LogP contribution in [0.1, 0.15) is 5.56 Å². The number of nitrogens with zero attached hydrogens (tertiary/aromatic N) is 1. The number of anilines is 1. The predicted octanol–water partition coefficient (Wildman–Crippen LogP) is 2.85. The Balaban J connectivity index is 2.45. The van der Waals surface area contributed by atoms with E-state index in [-0.39, 0.29) is 11.4 Å². The molecular formula is C14H15ClN2O. The third-order valence-electron chi connectivity index (χ3n) is 2.81. The van der Waals surface area contributed by atoms with Gasteiger partial charge in [-0.2, -0.15) is 0 Å². The van der Waals surface area contributed by atoms with Gasteiger partial charge in [0, 0.05) is 36.6 Å². The van der Waals surface area contributed by atoms with E-state index in [4.69, 9.17) is 11.6 Å². The van der Waals surface area contributed by atoms with Gasteiger partial charge in [-0.1, -0.05) is 18.2 Å². The Bertz CT molecular complexity index is 605. The van der Waals surface area contributed by atoms with Crippen LogP contribution in [-0.2, 0) is 5.88 Å². The number of alkyl halides is 1. The first kappa shape index (κ1) is 12.7. The second-order valence-electron chi connectivity index (χ2n) is 4.30. The highest BCUT2D eigenvalue weighted by atomic mass is 35.5. The minimum atomic E-state index is -0.127. The smallest absolute Gasteiger partial charge is 0.252 e. The maximum absolute atomic E-state index is 11.7. The molecule has 0 aliphatic heterocycles. The predicted molar refractivity (Wildman–Crippen MR) is 76.4 cm³/mol. The summed E-state index contributed by atoms with van der Waals surface area (Å²) >= 11 is 5.67. The monoisotopic (exact) mass is 262 g/mol. The molecule has 2 rings (SSSR count). The maximum atomic E-state index is 11.7. The van der Waals surface area contributed by atoms with Gasteiger partial charge in [0.05, 0.1) is 5.88 Å². The van der Waals surface area contributed by atoms with E-state index in [9.17, 15) is 4.79 Å². The number of halogens is 1. The molecule has 1 aromatic heterocycles. The zero-order valence-electron chi connectivity index (χ0n) is 10.4. The topological polar surface area (TPSA) is 36.1 Å². The zero-order chi connectivity index (χ0) is 13.1. The van der Waals surface area contributed by atoms with Crippen molar-refractivity contribution in [1.29, 1.82) is 0 Å². The van der Waals surface area contributed by atoms with Gasteiger partial charge >= 0.3 is 0 Å². The van der Waals surface area contributed by atoms with E-state index in [0.29, 0.717) is 5.56 Å². The van der Waals surface area contributed by atoms with Crippen molar-refractivity contribution in [1.82, 2.24) is 4.98 Å². The maximum Gasteiger partial charge on any atom is 0.252 e. The number of benzene rings is 1. The molecule has 0 radical (unpaired) electrons. The first-order valence-corrected chi connectivity index (χ1v) is 6.21. The number of aromatic amines is 1. The highest BCUT2D eigenvalue weighted by molar-refractivity contribution is 6.17. The number of nitrogens with one attached hydrogen (secondary N) is 1. The average Bonchev–Trinajstić information content (AvgIpc) is 2.38. The molecule has 0 bridgehead atoms. The Morgan fingerprint density at radius 2 is 2.00 bits per heavy atom. The number of H-pyrrole nitrogens is 1. The molecule has 18 heavy (non-hydrogen) atoms. The van der Waals surface area contributed by atoms with Crippen molar-refractivity contribution >= 4 is 17.3 Å². The van der Waals surface area contributed by atoms with Gasteiger partial charge in [0.1, 0.15) is 0 Å². The molecule has 1 N–H and O–H groups in total. The molecule has 0 saturated heterocycles. The van der Waals surface area contributed by atoms with Crippen LogP contribution in [0.2, 0.25) is 0 Å². The molecule has 0 aliphatic carbocycles. The third-order valence-corrected chi connectivity index (χ3v) is 3.10. The molecule has 0 fully saturated rings. The van der Waals surface area contributed by atoms with Crippen molar-refractivity contribution in [2.45, 2.75) is 5.88 Å². The largest absolute Gasteiger partial charge is 0.378 e. The summed E-state index contributed by atoms with van der Waals surface area (Å²) in [6.07, 6.45) is 0. The lowest BCUT2D eigenvalue weighted by atomic mass is 10.1. The molecule has 1 heterocycles. The highest BCUT2D eigenvalue weighted by Crippen LogP contribution is 2.21. The Kier molecular flexibility index (Phi) is 3.72. The van der Waals surface area contributed by atoms with E-state index >= 15 is 0 Å². The van der Waals surface area contributed by atoms with Gasteiger partial charge in [0.25, 0.3) is 5.56 Å². The van der Waals surface area contributed by atoms with Gasteiger partial charge < -0.3 is 9.88 Å². The van der Waals surface area contributed by atoms with Crippen LogP contribution >= 0.6 is 11.6 Å². The average molecular weight is 263 g/mol. The summed E-state index contributed by atoms with van der Waals surface area (Å²) in [5.74, 6) is 0.230. The van der Waals surface area contributed by atoms with Gasteiger partial charge in [0.15, 0.2) is 0 Å².